The molecule has 0 atom stereocenters. The lowest BCUT2D eigenvalue weighted by atomic mass is 10.1. The quantitative estimate of drug-likeness (QED) is 0.497. The molecule has 0 aliphatic heterocycles. The number of nitro benzene ring substituents is 1. The van der Waals surface area contributed by atoms with Gasteiger partial charge in [-0.15, -0.1) is 0 Å². The Bertz CT molecular complexity index is 851. The standard InChI is InChI=1S/C17H15ClN2O5/c1-10-3-6-14(13(18)7-10)19-16(21)9-25-17(22)12-5-4-11(2)15(8-12)20(23)24/h3-8H,9H2,1-2H3,(H,19,21). The lowest BCUT2D eigenvalue weighted by molar-refractivity contribution is -0.385. The Labute approximate surface area is 148 Å². The third-order valence-electron chi connectivity index (χ3n) is 3.37. The van der Waals surface area contributed by atoms with Gasteiger partial charge in [0.25, 0.3) is 11.6 Å². The first-order valence-electron chi connectivity index (χ1n) is 7.26. The van der Waals surface area contributed by atoms with Crippen LogP contribution in [0.4, 0.5) is 11.4 Å². The van der Waals surface area contributed by atoms with Crippen LogP contribution in [0.3, 0.4) is 0 Å². The summed E-state index contributed by atoms with van der Waals surface area (Å²) in [4.78, 5) is 34.1. The normalized spacial score (nSPS) is 10.2. The van der Waals surface area contributed by atoms with Gasteiger partial charge in [0.2, 0.25) is 0 Å². The molecule has 1 amide bonds. The number of amides is 1. The predicted molar refractivity (Wildman–Crippen MR) is 92.9 cm³/mol. The summed E-state index contributed by atoms with van der Waals surface area (Å²) in [6, 6.07) is 9.07. The molecule has 0 radical (unpaired) electrons. The maximum absolute atomic E-state index is 11.9. The van der Waals surface area contributed by atoms with Gasteiger partial charge in [0, 0.05) is 11.6 Å². The SMILES string of the molecule is Cc1ccc(NC(=O)COC(=O)c2ccc(C)c([N+](=O)[O-])c2)c(Cl)c1. The number of hydrogen-bond acceptors (Lipinski definition) is 5. The first-order chi connectivity index (χ1) is 11.8. The summed E-state index contributed by atoms with van der Waals surface area (Å²) < 4.78 is 4.88. The van der Waals surface area contributed by atoms with Crippen molar-refractivity contribution in [2.45, 2.75) is 13.8 Å². The minimum atomic E-state index is -0.826. The van der Waals surface area contributed by atoms with Gasteiger partial charge in [-0.1, -0.05) is 23.7 Å². The van der Waals surface area contributed by atoms with E-state index >= 15 is 0 Å². The van der Waals surface area contributed by atoms with Crippen LogP contribution in [0.1, 0.15) is 21.5 Å². The number of nitrogens with one attached hydrogen (secondary N) is 1. The van der Waals surface area contributed by atoms with Gasteiger partial charge in [0.15, 0.2) is 6.61 Å². The van der Waals surface area contributed by atoms with Crippen molar-refractivity contribution in [3.8, 4) is 0 Å². The second-order valence-corrected chi connectivity index (χ2v) is 5.77. The number of nitrogens with zero attached hydrogens (tertiary/aromatic N) is 1. The highest BCUT2D eigenvalue weighted by Gasteiger charge is 2.17. The molecule has 7 nitrogen and oxygen atoms in total. The van der Waals surface area contributed by atoms with Crippen molar-refractivity contribution in [2.24, 2.45) is 0 Å². The van der Waals surface area contributed by atoms with Crippen LogP contribution >= 0.6 is 11.6 Å². The summed E-state index contributed by atoms with van der Waals surface area (Å²) in [5, 5.41) is 13.8. The van der Waals surface area contributed by atoms with E-state index in [-0.39, 0.29) is 11.3 Å². The van der Waals surface area contributed by atoms with Crippen LogP contribution in [-0.2, 0) is 9.53 Å². The molecule has 0 spiro atoms. The average Bonchev–Trinajstić information content (AvgIpc) is 2.55. The second kappa shape index (κ2) is 7.76. The summed E-state index contributed by atoms with van der Waals surface area (Å²) in [6.07, 6.45) is 0. The Hall–Kier alpha value is -2.93. The van der Waals surface area contributed by atoms with E-state index in [1.165, 1.54) is 12.1 Å². The molecule has 0 heterocycles. The number of benzene rings is 2. The van der Waals surface area contributed by atoms with Gasteiger partial charge in [-0.2, -0.15) is 0 Å². The molecule has 25 heavy (non-hydrogen) atoms. The van der Waals surface area contributed by atoms with E-state index in [9.17, 15) is 19.7 Å². The van der Waals surface area contributed by atoms with Crippen LogP contribution in [0, 0.1) is 24.0 Å². The van der Waals surface area contributed by atoms with E-state index in [0.717, 1.165) is 11.6 Å². The summed E-state index contributed by atoms with van der Waals surface area (Å²) in [6.45, 7) is 2.89. The van der Waals surface area contributed by atoms with E-state index in [4.69, 9.17) is 16.3 Å². The van der Waals surface area contributed by atoms with Crippen LogP contribution in [0.2, 0.25) is 5.02 Å². The lowest BCUT2D eigenvalue weighted by Gasteiger charge is -2.09. The van der Waals surface area contributed by atoms with Gasteiger partial charge in [0.1, 0.15) is 0 Å². The predicted octanol–water partition coefficient (Wildman–Crippen LogP) is 3.66. The van der Waals surface area contributed by atoms with Gasteiger partial charge in [-0.3, -0.25) is 14.9 Å². The molecule has 2 rings (SSSR count). The topological polar surface area (TPSA) is 98.5 Å². The van der Waals surface area contributed by atoms with Crippen LogP contribution in [-0.4, -0.2) is 23.4 Å². The molecule has 0 aliphatic rings. The zero-order valence-corrected chi connectivity index (χ0v) is 14.3. The van der Waals surface area contributed by atoms with Gasteiger partial charge >= 0.3 is 5.97 Å². The third-order valence-corrected chi connectivity index (χ3v) is 3.69. The molecule has 2 aromatic carbocycles. The first-order valence-corrected chi connectivity index (χ1v) is 7.64. The van der Waals surface area contributed by atoms with E-state index in [0.29, 0.717) is 16.3 Å². The summed E-state index contributed by atoms with van der Waals surface area (Å²) >= 11 is 6.01. The maximum atomic E-state index is 11.9. The molecular weight excluding hydrogens is 348 g/mol. The number of halogens is 1. The Morgan fingerprint density at radius 1 is 1.20 bits per heavy atom. The van der Waals surface area contributed by atoms with E-state index < -0.39 is 23.4 Å². The van der Waals surface area contributed by atoms with E-state index in [2.05, 4.69) is 5.32 Å². The lowest BCUT2D eigenvalue weighted by Crippen LogP contribution is -2.21. The zero-order chi connectivity index (χ0) is 18.6. The van der Waals surface area contributed by atoms with Crippen molar-refractivity contribution >= 4 is 34.9 Å². The number of anilines is 1. The number of rotatable bonds is 5. The second-order valence-electron chi connectivity index (χ2n) is 5.37. The van der Waals surface area contributed by atoms with Crippen molar-refractivity contribution in [3.05, 3.63) is 68.2 Å². The van der Waals surface area contributed by atoms with Gasteiger partial charge in [-0.25, -0.2) is 4.79 Å². The van der Waals surface area contributed by atoms with Crippen molar-refractivity contribution in [1.29, 1.82) is 0 Å². The average molecular weight is 363 g/mol. The maximum Gasteiger partial charge on any atom is 0.338 e. The number of ether oxygens (including phenoxy) is 1. The van der Waals surface area contributed by atoms with Gasteiger partial charge < -0.3 is 10.1 Å². The molecule has 8 heteroatoms. The van der Waals surface area contributed by atoms with Crippen LogP contribution < -0.4 is 5.32 Å². The Balaban J connectivity index is 1.98. The van der Waals surface area contributed by atoms with Gasteiger partial charge in [0.05, 0.1) is 21.2 Å². The van der Waals surface area contributed by atoms with Crippen LogP contribution in [0.25, 0.3) is 0 Å². The molecule has 130 valence electrons. The van der Waals surface area contributed by atoms with Crippen molar-refractivity contribution in [2.75, 3.05) is 11.9 Å². The Kier molecular flexibility index (Phi) is 5.71. The molecule has 0 aliphatic carbocycles. The number of hydrogen-bond donors (Lipinski definition) is 1. The number of nitro groups is 1. The number of carbonyl (C=O) groups is 2. The molecule has 0 aromatic heterocycles. The van der Waals surface area contributed by atoms with E-state index in [1.807, 2.05) is 6.92 Å². The monoisotopic (exact) mass is 362 g/mol. The minimum Gasteiger partial charge on any atom is -0.452 e. The minimum absolute atomic E-state index is 0.00142. The molecular formula is C17H15ClN2O5. The molecule has 0 unspecified atom stereocenters. The van der Waals surface area contributed by atoms with Crippen molar-refractivity contribution < 1.29 is 19.2 Å². The zero-order valence-electron chi connectivity index (χ0n) is 13.5. The smallest absolute Gasteiger partial charge is 0.338 e. The summed E-state index contributed by atoms with van der Waals surface area (Å²) in [5.74, 6) is -1.39. The molecule has 1 N–H and O–H groups in total. The summed E-state index contributed by atoms with van der Waals surface area (Å²) in [7, 11) is 0. The fourth-order valence-corrected chi connectivity index (χ4v) is 2.34. The highest BCUT2D eigenvalue weighted by molar-refractivity contribution is 6.33. The van der Waals surface area contributed by atoms with Gasteiger partial charge in [-0.05, 0) is 37.6 Å². The summed E-state index contributed by atoms with van der Waals surface area (Å²) in [5.41, 5.74) is 1.58. The third kappa shape index (κ3) is 4.77. The van der Waals surface area contributed by atoms with Crippen LogP contribution in [0.5, 0.6) is 0 Å². The number of carbonyl (C=O) groups excluding carboxylic acids is 2. The molecule has 2 aromatic rings. The molecule has 0 saturated carbocycles. The fraction of sp³-hybridized carbons (Fsp3) is 0.176. The highest BCUT2D eigenvalue weighted by atomic mass is 35.5. The fourth-order valence-electron chi connectivity index (χ4n) is 2.06. The molecule has 0 saturated heterocycles. The van der Waals surface area contributed by atoms with E-state index in [1.54, 1.807) is 25.1 Å². The highest BCUT2D eigenvalue weighted by Crippen LogP contribution is 2.23. The van der Waals surface area contributed by atoms with Crippen LogP contribution in [0.15, 0.2) is 36.4 Å². The Morgan fingerprint density at radius 3 is 2.56 bits per heavy atom. The Morgan fingerprint density at radius 2 is 1.92 bits per heavy atom. The molecule has 0 bridgehead atoms. The van der Waals surface area contributed by atoms with Crippen molar-refractivity contribution in [3.63, 3.8) is 0 Å². The number of aryl methyl sites for hydroxylation is 2. The van der Waals surface area contributed by atoms with Crippen molar-refractivity contribution in [1.82, 2.24) is 0 Å². The molecule has 0 fully saturated rings. The first kappa shape index (κ1) is 18.4. The largest absolute Gasteiger partial charge is 0.452 e. The number of esters is 1.